The van der Waals surface area contributed by atoms with Crippen molar-refractivity contribution in [2.75, 3.05) is 14.2 Å². The van der Waals surface area contributed by atoms with Crippen LogP contribution in [0, 0.1) is 5.92 Å². The van der Waals surface area contributed by atoms with E-state index in [0.29, 0.717) is 5.75 Å². The van der Waals surface area contributed by atoms with Crippen molar-refractivity contribution in [3.05, 3.63) is 41.7 Å². The van der Waals surface area contributed by atoms with Crippen molar-refractivity contribution in [2.45, 2.75) is 12.3 Å². The van der Waals surface area contributed by atoms with Gasteiger partial charge in [0.2, 0.25) is 0 Å². The van der Waals surface area contributed by atoms with Gasteiger partial charge in [-0.1, -0.05) is 12.1 Å². The third-order valence-corrected chi connectivity index (χ3v) is 3.45. The summed E-state index contributed by atoms with van der Waals surface area (Å²) in [5.74, 6) is -1.58. The molecule has 0 heterocycles. The average molecular weight is 276 g/mol. The molecule has 0 bridgehead atoms. The summed E-state index contributed by atoms with van der Waals surface area (Å²) in [6.07, 6.45) is 1.26. The van der Waals surface area contributed by atoms with E-state index >= 15 is 0 Å². The lowest BCUT2D eigenvalue weighted by Gasteiger charge is -2.27. The fourth-order valence-corrected chi connectivity index (χ4v) is 2.43. The van der Waals surface area contributed by atoms with Gasteiger partial charge in [0, 0.05) is 18.4 Å². The third-order valence-electron chi connectivity index (χ3n) is 3.45. The van der Waals surface area contributed by atoms with Crippen molar-refractivity contribution in [1.29, 1.82) is 0 Å². The zero-order chi connectivity index (χ0) is 14.7. The van der Waals surface area contributed by atoms with Crippen LogP contribution in [0.1, 0.15) is 17.9 Å². The molecule has 0 spiro atoms. The lowest BCUT2D eigenvalue weighted by molar-refractivity contribution is -0.146. The third kappa shape index (κ3) is 2.66. The standard InChI is InChI=1S/C15H16O5/c1-19-11-5-3-9(4-6-11)12-7-10(16)8-13(17)14(12)15(18)20-2/h3-6,8,12,14,17H,7H2,1-2H3/t12-,14+/m0/s1. The fourth-order valence-electron chi connectivity index (χ4n) is 2.43. The highest BCUT2D eigenvalue weighted by Crippen LogP contribution is 2.37. The molecular formula is C15H16O5. The summed E-state index contributed by atoms with van der Waals surface area (Å²) in [6, 6.07) is 7.07. The average Bonchev–Trinajstić information content (AvgIpc) is 2.46. The molecule has 1 aliphatic rings. The van der Waals surface area contributed by atoms with Gasteiger partial charge < -0.3 is 14.6 Å². The molecule has 20 heavy (non-hydrogen) atoms. The molecule has 0 unspecified atom stereocenters. The summed E-state index contributed by atoms with van der Waals surface area (Å²) in [7, 11) is 2.82. The topological polar surface area (TPSA) is 72.8 Å². The van der Waals surface area contributed by atoms with E-state index in [4.69, 9.17) is 9.47 Å². The van der Waals surface area contributed by atoms with Crippen LogP contribution in [0.3, 0.4) is 0 Å². The first-order chi connectivity index (χ1) is 9.56. The summed E-state index contributed by atoms with van der Waals surface area (Å²) in [4.78, 5) is 23.5. The van der Waals surface area contributed by atoms with Gasteiger partial charge in [-0.3, -0.25) is 9.59 Å². The minimum Gasteiger partial charge on any atom is -0.511 e. The molecular weight excluding hydrogens is 260 g/mol. The molecule has 0 fully saturated rings. The first-order valence-corrected chi connectivity index (χ1v) is 6.22. The second kappa shape index (κ2) is 5.77. The Bertz CT molecular complexity index is 544. The summed E-state index contributed by atoms with van der Waals surface area (Å²) in [5.41, 5.74) is 0.786. The molecule has 5 heteroatoms. The van der Waals surface area contributed by atoms with Crippen LogP contribution in [0.2, 0.25) is 0 Å². The van der Waals surface area contributed by atoms with E-state index in [1.807, 2.05) is 0 Å². The molecule has 0 radical (unpaired) electrons. The van der Waals surface area contributed by atoms with Gasteiger partial charge in [-0.05, 0) is 17.7 Å². The molecule has 2 rings (SSSR count). The Morgan fingerprint density at radius 2 is 1.90 bits per heavy atom. The molecule has 1 aliphatic carbocycles. The van der Waals surface area contributed by atoms with Crippen LogP contribution < -0.4 is 4.74 Å². The van der Waals surface area contributed by atoms with Crippen molar-refractivity contribution in [2.24, 2.45) is 5.92 Å². The lowest BCUT2D eigenvalue weighted by Crippen LogP contribution is -2.30. The number of allylic oxidation sites excluding steroid dienone is 1. The van der Waals surface area contributed by atoms with E-state index in [2.05, 4.69) is 0 Å². The molecule has 0 amide bonds. The van der Waals surface area contributed by atoms with E-state index in [1.54, 1.807) is 31.4 Å². The van der Waals surface area contributed by atoms with Crippen molar-refractivity contribution in [3.8, 4) is 5.75 Å². The minimum absolute atomic E-state index is 0.163. The minimum atomic E-state index is -0.842. The number of ether oxygens (including phenoxy) is 2. The van der Waals surface area contributed by atoms with Crippen LogP contribution >= 0.6 is 0 Å². The predicted octanol–water partition coefficient (Wildman–Crippen LogP) is 1.98. The summed E-state index contributed by atoms with van der Waals surface area (Å²) in [6.45, 7) is 0. The Morgan fingerprint density at radius 3 is 2.45 bits per heavy atom. The number of hydrogen-bond donors (Lipinski definition) is 1. The fraction of sp³-hybridized carbons (Fsp3) is 0.333. The van der Waals surface area contributed by atoms with Crippen LogP contribution in [-0.2, 0) is 14.3 Å². The Balaban J connectivity index is 2.37. The first-order valence-electron chi connectivity index (χ1n) is 6.22. The maximum Gasteiger partial charge on any atom is 0.316 e. The normalized spacial score (nSPS) is 22.1. The number of rotatable bonds is 3. The lowest BCUT2D eigenvalue weighted by atomic mass is 9.77. The number of carbonyl (C=O) groups is 2. The van der Waals surface area contributed by atoms with E-state index in [0.717, 1.165) is 11.6 Å². The summed E-state index contributed by atoms with van der Waals surface area (Å²) >= 11 is 0. The highest BCUT2D eigenvalue weighted by molar-refractivity contribution is 5.94. The highest BCUT2D eigenvalue weighted by Gasteiger charge is 2.38. The van der Waals surface area contributed by atoms with Crippen molar-refractivity contribution >= 4 is 11.8 Å². The van der Waals surface area contributed by atoms with Crippen LogP contribution in [-0.4, -0.2) is 31.1 Å². The van der Waals surface area contributed by atoms with Gasteiger partial charge in [0.05, 0.1) is 14.2 Å². The molecule has 5 nitrogen and oxygen atoms in total. The van der Waals surface area contributed by atoms with Gasteiger partial charge in [-0.2, -0.15) is 0 Å². The Labute approximate surface area is 116 Å². The quantitative estimate of drug-likeness (QED) is 0.855. The Hall–Kier alpha value is -2.30. The number of aliphatic hydroxyl groups excluding tert-OH is 1. The predicted molar refractivity (Wildman–Crippen MR) is 71.6 cm³/mol. The van der Waals surface area contributed by atoms with E-state index in [9.17, 15) is 14.7 Å². The first kappa shape index (κ1) is 14.1. The molecule has 2 atom stereocenters. The molecule has 0 saturated heterocycles. The number of hydrogen-bond acceptors (Lipinski definition) is 5. The SMILES string of the molecule is COC(=O)[C@H]1C(O)=CC(=O)C[C@H]1c1ccc(OC)cc1. The van der Waals surface area contributed by atoms with Crippen LogP contribution in [0.25, 0.3) is 0 Å². The van der Waals surface area contributed by atoms with E-state index in [-0.39, 0.29) is 18.0 Å². The number of aliphatic hydroxyl groups is 1. The van der Waals surface area contributed by atoms with Gasteiger partial charge in [0.25, 0.3) is 0 Å². The molecule has 1 aromatic carbocycles. The van der Waals surface area contributed by atoms with Crippen molar-refractivity contribution in [1.82, 2.24) is 0 Å². The van der Waals surface area contributed by atoms with Crippen LogP contribution in [0.15, 0.2) is 36.1 Å². The number of carbonyl (C=O) groups excluding carboxylic acids is 2. The van der Waals surface area contributed by atoms with Gasteiger partial charge in [0.1, 0.15) is 17.4 Å². The molecule has 0 aliphatic heterocycles. The number of ketones is 1. The van der Waals surface area contributed by atoms with Crippen molar-refractivity contribution < 1.29 is 24.2 Å². The van der Waals surface area contributed by atoms with E-state index < -0.39 is 17.8 Å². The smallest absolute Gasteiger partial charge is 0.316 e. The van der Waals surface area contributed by atoms with Gasteiger partial charge in [0.15, 0.2) is 5.78 Å². The molecule has 106 valence electrons. The summed E-state index contributed by atoms with van der Waals surface area (Å²) < 4.78 is 9.79. The maximum atomic E-state index is 11.8. The van der Waals surface area contributed by atoms with E-state index in [1.165, 1.54) is 7.11 Å². The largest absolute Gasteiger partial charge is 0.511 e. The Kier molecular flexibility index (Phi) is 4.08. The molecule has 1 N–H and O–H groups in total. The van der Waals surface area contributed by atoms with Gasteiger partial charge >= 0.3 is 5.97 Å². The number of methoxy groups -OCH3 is 2. The zero-order valence-electron chi connectivity index (χ0n) is 11.3. The van der Waals surface area contributed by atoms with Crippen LogP contribution in [0.4, 0.5) is 0 Å². The van der Waals surface area contributed by atoms with Crippen LogP contribution in [0.5, 0.6) is 5.75 Å². The van der Waals surface area contributed by atoms with Gasteiger partial charge in [-0.15, -0.1) is 0 Å². The molecule has 0 aromatic heterocycles. The number of benzene rings is 1. The van der Waals surface area contributed by atoms with Gasteiger partial charge in [-0.25, -0.2) is 0 Å². The second-order valence-electron chi connectivity index (χ2n) is 4.62. The zero-order valence-corrected chi connectivity index (χ0v) is 11.3. The van der Waals surface area contributed by atoms with Crippen molar-refractivity contribution in [3.63, 3.8) is 0 Å². The second-order valence-corrected chi connectivity index (χ2v) is 4.62. The number of esters is 1. The molecule has 0 saturated carbocycles. The highest BCUT2D eigenvalue weighted by atomic mass is 16.5. The monoisotopic (exact) mass is 276 g/mol. The summed E-state index contributed by atoms with van der Waals surface area (Å²) in [5, 5.41) is 9.89. The molecule has 1 aromatic rings. The maximum absolute atomic E-state index is 11.8. The Morgan fingerprint density at radius 1 is 1.25 bits per heavy atom.